The van der Waals surface area contributed by atoms with Gasteiger partial charge in [0.05, 0.1) is 44.5 Å². The number of hydrogen-bond donors (Lipinski definition) is 1. The molecule has 1 N–H and O–H groups in total. The average molecular weight is 453 g/mol. The maximum Gasteiger partial charge on any atom is 0.294 e. The Bertz CT molecular complexity index is 853. The van der Waals surface area contributed by atoms with Crippen LogP contribution >= 0.6 is 0 Å². The van der Waals surface area contributed by atoms with Crippen LogP contribution in [0.5, 0.6) is 0 Å². The normalized spacial score (nSPS) is 11.7. The second-order valence-electron chi connectivity index (χ2n) is 7.07. The van der Waals surface area contributed by atoms with Gasteiger partial charge < -0.3 is 18.9 Å². The number of aryl methyl sites for hydroxylation is 1. The van der Waals surface area contributed by atoms with Gasteiger partial charge in [-0.1, -0.05) is 48.0 Å². The molecule has 2 rings (SSSR count). The van der Waals surface area contributed by atoms with E-state index in [-0.39, 0.29) is 4.90 Å². The van der Waals surface area contributed by atoms with Crippen molar-refractivity contribution in [2.75, 3.05) is 46.2 Å². The Morgan fingerprint density at radius 2 is 1.39 bits per heavy atom. The van der Waals surface area contributed by atoms with E-state index in [4.69, 9.17) is 18.9 Å². The molecule has 0 aliphatic carbocycles. The molecule has 0 bridgehead atoms. The van der Waals surface area contributed by atoms with Gasteiger partial charge in [-0.15, -0.1) is 0 Å². The zero-order valence-corrected chi connectivity index (χ0v) is 18.8. The first-order valence-corrected chi connectivity index (χ1v) is 11.8. The molecule has 0 spiro atoms. The van der Waals surface area contributed by atoms with Gasteiger partial charge in [0, 0.05) is 13.2 Å². The second kappa shape index (κ2) is 14.3. The van der Waals surface area contributed by atoms with Crippen LogP contribution in [0.15, 0.2) is 53.4 Å². The van der Waals surface area contributed by atoms with Crippen molar-refractivity contribution >= 4 is 10.1 Å². The fourth-order valence-corrected chi connectivity index (χ4v) is 3.64. The molecule has 2 aromatic rings. The van der Waals surface area contributed by atoms with Gasteiger partial charge in [-0.25, -0.2) is 0 Å². The maximum atomic E-state index is 11.4. The van der Waals surface area contributed by atoms with E-state index in [9.17, 15) is 13.0 Å². The number of benzene rings is 2. The van der Waals surface area contributed by atoms with E-state index in [0.717, 1.165) is 17.5 Å². The highest BCUT2D eigenvalue weighted by Crippen LogP contribution is 2.18. The van der Waals surface area contributed by atoms with Crippen LogP contribution in [0.4, 0.5) is 0 Å². The van der Waals surface area contributed by atoms with Gasteiger partial charge >= 0.3 is 0 Å². The highest BCUT2D eigenvalue weighted by molar-refractivity contribution is 7.85. The summed E-state index contributed by atoms with van der Waals surface area (Å²) in [6.45, 7) is 5.94. The smallest absolute Gasteiger partial charge is 0.294 e. The molecule has 8 heteroatoms. The van der Waals surface area contributed by atoms with Crippen molar-refractivity contribution in [1.29, 1.82) is 0 Å². The lowest BCUT2D eigenvalue weighted by molar-refractivity contribution is 0.00953. The molecule has 0 saturated carbocycles. The first kappa shape index (κ1) is 25.5. The lowest BCUT2D eigenvalue weighted by atomic mass is 10.1. The van der Waals surface area contributed by atoms with Gasteiger partial charge in [-0.2, -0.15) is 8.42 Å². The maximum absolute atomic E-state index is 11.4. The Morgan fingerprint density at radius 1 is 0.774 bits per heavy atom. The topological polar surface area (TPSA) is 91.3 Å². The van der Waals surface area contributed by atoms with Crippen LogP contribution < -0.4 is 0 Å². The molecule has 0 aliphatic heterocycles. The molecular formula is C23H32O7S. The van der Waals surface area contributed by atoms with Crippen LogP contribution in [0.1, 0.15) is 23.1 Å². The zero-order chi connectivity index (χ0) is 22.4. The third-order valence-corrected chi connectivity index (χ3v) is 5.40. The Hall–Kier alpha value is -1.81. The summed E-state index contributed by atoms with van der Waals surface area (Å²) in [5, 5.41) is 0. The van der Waals surface area contributed by atoms with E-state index >= 15 is 0 Å². The van der Waals surface area contributed by atoms with Gasteiger partial charge in [-0.05, 0) is 37.0 Å². The SMILES string of the molecule is Cc1ccc(S(=O)(=O)O)c(CCOCCOCCOCCCOCc2ccccc2)c1. The Kier molecular flexibility index (Phi) is 11.7. The molecular weight excluding hydrogens is 420 g/mol. The zero-order valence-electron chi connectivity index (χ0n) is 18.0. The molecule has 172 valence electrons. The van der Waals surface area contributed by atoms with Gasteiger partial charge in [0.15, 0.2) is 0 Å². The summed E-state index contributed by atoms with van der Waals surface area (Å²) in [5.41, 5.74) is 2.63. The van der Waals surface area contributed by atoms with Crippen molar-refractivity contribution in [2.45, 2.75) is 31.3 Å². The number of rotatable bonds is 16. The van der Waals surface area contributed by atoms with Crippen molar-refractivity contribution in [3.8, 4) is 0 Å². The molecule has 0 unspecified atom stereocenters. The third kappa shape index (κ3) is 10.9. The molecule has 31 heavy (non-hydrogen) atoms. The minimum atomic E-state index is -4.23. The largest absolute Gasteiger partial charge is 0.379 e. The van der Waals surface area contributed by atoms with Crippen LogP contribution in [0.2, 0.25) is 0 Å². The highest BCUT2D eigenvalue weighted by Gasteiger charge is 2.15. The van der Waals surface area contributed by atoms with E-state index in [1.165, 1.54) is 6.07 Å². The number of hydrogen-bond acceptors (Lipinski definition) is 6. The third-order valence-electron chi connectivity index (χ3n) is 4.44. The van der Waals surface area contributed by atoms with E-state index in [0.29, 0.717) is 64.8 Å². The predicted octanol–water partition coefficient (Wildman–Crippen LogP) is 3.44. The first-order chi connectivity index (χ1) is 15.0. The Labute approximate surface area is 185 Å². The molecule has 0 atom stereocenters. The number of ether oxygens (including phenoxy) is 4. The molecule has 0 fully saturated rings. The molecule has 0 amide bonds. The van der Waals surface area contributed by atoms with Gasteiger partial charge in [0.2, 0.25) is 0 Å². The minimum Gasteiger partial charge on any atom is -0.379 e. The summed E-state index contributed by atoms with van der Waals surface area (Å²) in [6, 6.07) is 14.9. The van der Waals surface area contributed by atoms with Crippen LogP contribution in [0.25, 0.3) is 0 Å². The highest BCUT2D eigenvalue weighted by atomic mass is 32.2. The summed E-state index contributed by atoms with van der Waals surface area (Å²) in [7, 11) is -4.23. The van der Waals surface area contributed by atoms with E-state index < -0.39 is 10.1 Å². The molecule has 0 radical (unpaired) electrons. The first-order valence-electron chi connectivity index (χ1n) is 10.4. The molecule has 0 aliphatic rings. The van der Waals surface area contributed by atoms with E-state index in [1.54, 1.807) is 12.1 Å². The molecule has 7 nitrogen and oxygen atoms in total. The van der Waals surface area contributed by atoms with Crippen molar-refractivity contribution in [3.05, 3.63) is 65.2 Å². The van der Waals surface area contributed by atoms with Crippen molar-refractivity contribution in [3.63, 3.8) is 0 Å². The fraction of sp³-hybridized carbons (Fsp3) is 0.478. The van der Waals surface area contributed by atoms with Crippen molar-refractivity contribution in [1.82, 2.24) is 0 Å². The molecule has 0 heterocycles. The average Bonchev–Trinajstić information content (AvgIpc) is 2.74. The predicted molar refractivity (Wildman–Crippen MR) is 118 cm³/mol. The van der Waals surface area contributed by atoms with Gasteiger partial charge in [-0.3, -0.25) is 4.55 Å². The summed E-state index contributed by atoms with van der Waals surface area (Å²) >= 11 is 0. The second-order valence-corrected chi connectivity index (χ2v) is 8.46. The summed E-state index contributed by atoms with van der Waals surface area (Å²) in [5.74, 6) is 0. The Balaban J connectivity index is 1.42. The van der Waals surface area contributed by atoms with Crippen LogP contribution in [0.3, 0.4) is 0 Å². The van der Waals surface area contributed by atoms with E-state index in [2.05, 4.69) is 0 Å². The minimum absolute atomic E-state index is 0.0689. The lowest BCUT2D eigenvalue weighted by Crippen LogP contribution is -2.12. The molecule has 2 aromatic carbocycles. The summed E-state index contributed by atoms with van der Waals surface area (Å²) < 4.78 is 54.2. The summed E-state index contributed by atoms with van der Waals surface area (Å²) in [4.78, 5) is -0.0689. The van der Waals surface area contributed by atoms with Gasteiger partial charge in [0.1, 0.15) is 0 Å². The van der Waals surface area contributed by atoms with Crippen LogP contribution in [-0.2, 0) is 42.1 Å². The molecule has 0 saturated heterocycles. The van der Waals surface area contributed by atoms with Crippen molar-refractivity contribution < 1.29 is 31.9 Å². The monoisotopic (exact) mass is 452 g/mol. The van der Waals surface area contributed by atoms with Crippen molar-refractivity contribution in [2.24, 2.45) is 0 Å². The molecule has 0 aromatic heterocycles. The Morgan fingerprint density at radius 3 is 2.06 bits per heavy atom. The van der Waals surface area contributed by atoms with E-state index in [1.807, 2.05) is 37.3 Å². The quantitative estimate of drug-likeness (QED) is 0.308. The lowest BCUT2D eigenvalue weighted by Gasteiger charge is -2.10. The van der Waals surface area contributed by atoms with Crippen LogP contribution in [-0.4, -0.2) is 59.2 Å². The van der Waals surface area contributed by atoms with Gasteiger partial charge in [0.25, 0.3) is 10.1 Å². The summed E-state index contributed by atoms with van der Waals surface area (Å²) in [6.07, 6.45) is 1.23. The standard InChI is InChI=1S/C23H32O7S/c1-20-8-9-23(31(24,25)26)22(18-20)10-13-28-15-17-29-16-14-27-11-5-12-30-19-21-6-3-2-4-7-21/h2-4,6-9,18H,5,10-17,19H2,1H3,(H,24,25,26). The van der Waals surface area contributed by atoms with Crippen LogP contribution in [0, 0.1) is 6.92 Å². The fourth-order valence-electron chi connectivity index (χ4n) is 2.91.